The van der Waals surface area contributed by atoms with Crippen LogP contribution in [0.3, 0.4) is 0 Å². The molecule has 3 aromatic rings. The van der Waals surface area contributed by atoms with Gasteiger partial charge in [-0.05, 0) is 5.56 Å². The molecule has 1 aromatic carbocycles. The molecule has 0 fully saturated rings. The monoisotopic (exact) mass is 382 g/mol. The van der Waals surface area contributed by atoms with Crippen LogP contribution in [0.25, 0.3) is 0 Å². The number of aromatic nitrogens is 6. The third-order valence-corrected chi connectivity index (χ3v) is 4.77. The van der Waals surface area contributed by atoms with E-state index in [0.29, 0.717) is 0 Å². The topological polar surface area (TPSA) is 81.7 Å². The summed E-state index contributed by atoms with van der Waals surface area (Å²) in [5.41, 5.74) is 1.17. The van der Waals surface area contributed by atoms with Crippen molar-refractivity contribution in [1.29, 1.82) is 0 Å². The maximum absolute atomic E-state index is 11.6. The Labute approximate surface area is 166 Å². The van der Waals surface area contributed by atoms with Gasteiger partial charge in [0.1, 0.15) is 5.60 Å². The number of nitrogens with zero attached hydrogens (tertiary/aromatic N) is 6. The minimum atomic E-state index is -1.20. The van der Waals surface area contributed by atoms with Gasteiger partial charge in [-0.1, -0.05) is 82.3 Å². The Kier molecular flexibility index (Phi) is 5.14. The molecule has 3 rings (SSSR count). The van der Waals surface area contributed by atoms with Gasteiger partial charge in [-0.3, -0.25) is 0 Å². The Morgan fingerprint density at radius 3 is 1.54 bits per heavy atom. The Hall–Kier alpha value is -2.54. The molecule has 0 spiro atoms. The zero-order chi connectivity index (χ0) is 20.6. The van der Waals surface area contributed by atoms with Crippen LogP contribution in [0.15, 0.2) is 42.7 Å². The van der Waals surface area contributed by atoms with Crippen LogP contribution < -0.4 is 0 Å². The van der Waals surface area contributed by atoms with E-state index >= 15 is 0 Å². The lowest BCUT2D eigenvalue weighted by molar-refractivity contribution is -0.00615. The summed E-state index contributed by atoms with van der Waals surface area (Å²) >= 11 is 0. The van der Waals surface area contributed by atoms with Crippen molar-refractivity contribution in [2.75, 3.05) is 0 Å². The van der Waals surface area contributed by atoms with E-state index in [2.05, 4.69) is 62.2 Å². The van der Waals surface area contributed by atoms with Gasteiger partial charge in [0, 0.05) is 23.2 Å². The summed E-state index contributed by atoms with van der Waals surface area (Å²) in [5.74, 6) is 0. The van der Waals surface area contributed by atoms with E-state index in [-0.39, 0.29) is 23.9 Å². The van der Waals surface area contributed by atoms with E-state index in [1.54, 1.807) is 9.36 Å². The van der Waals surface area contributed by atoms with Crippen molar-refractivity contribution >= 4 is 0 Å². The summed E-state index contributed by atoms with van der Waals surface area (Å²) in [5, 5.41) is 28.7. The van der Waals surface area contributed by atoms with Crippen molar-refractivity contribution in [2.45, 2.75) is 71.1 Å². The minimum Gasteiger partial charge on any atom is -0.381 e. The summed E-state index contributed by atoms with van der Waals surface area (Å²) in [4.78, 5) is 0. The molecule has 0 unspecified atom stereocenters. The molecule has 7 nitrogen and oxygen atoms in total. The van der Waals surface area contributed by atoms with E-state index in [1.165, 1.54) is 0 Å². The van der Waals surface area contributed by atoms with Crippen molar-refractivity contribution in [3.05, 3.63) is 59.7 Å². The highest BCUT2D eigenvalue weighted by atomic mass is 16.3. The highest BCUT2D eigenvalue weighted by Crippen LogP contribution is 2.27. The van der Waals surface area contributed by atoms with Crippen LogP contribution >= 0.6 is 0 Å². The lowest BCUT2D eigenvalue weighted by atomic mass is 9.92. The van der Waals surface area contributed by atoms with Gasteiger partial charge >= 0.3 is 0 Å². The second-order valence-corrected chi connectivity index (χ2v) is 9.50. The molecule has 0 amide bonds. The van der Waals surface area contributed by atoms with Gasteiger partial charge in [0.25, 0.3) is 0 Å². The van der Waals surface area contributed by atoms with Gasteiger partial charge in [-0.25, -0.2) is 9.36 Å². The van der Waals surface area contributed by atoms with Gasteiger partial charge in [-0.2, -0.15) is 0 Å². The molecule has 28 heavy (non-hydrogen) atoms. The van der Waals surface area contributed by atoms with E-state index in [1.807, 2.05) is 42.7 Å². The van der Waals surface area contributed by atoms with Crippen molar-refractivity contribution < 1.29 is 5.11 Å². The number of hydrogen-bond donors (Lipinski definition) is 1. The van der Waals surface area contributed by atoms with Crippen molar-refractivity contribution in [3.8, 4) is 0 Å². The molecule has 0 atom stereocenters. The first-order valence-electron chi connectivity index (χ1n) is 9.56. The third-order valence-electron chi connectivity index (χ3n) is 4.77. The molecule has 2 aromatic heterocycles. The Balaban J connectivity index is 1.92. The lowest BCUT2D eigenvalue weighted by Crippen LogP contribution is -2.36. The van der Waals surface area contributed by atoms with E-state index in [9.17, 15) is 5.11 Å². The maximum atomic E-state index is 11.6. The van der Waals surface area contributed by atoms with E-state index < -0.39 is 5.60 Å². The Bertz CT molecular complexity index is 860. The molecular weight excluding hydrogens is 352 g/mol. The van der Waals surface area contributed by atoms with Gasteiger partial charge in [0.05, 0.1) is 24.5 Å². The first kappa shape index (κ1) is 20.2. The van der Waals surface area contributed by atoms with Gasteiger partial charge in [0.15, 0.2) is 0 Å². The summed E-state index contributed by atoms with van der Waals surface area (Å²) in [7, 11) is 0. The molecule has 0 saturated heterocycles. The highest BCUT2D eigenvalue weighted by Gasteiger charge is 2.33. The smallest absolute Gasteiger partial charge is 0.129 e. The molecule has 2 heterocycles. The number of aliphatic hydroxyl groups is 1. The largest absolute Gasteiger partial charge is 0.381 e. The normalized spacial score (nSPS) is 13.1. The average molecular weight is 383 g/mol. The summed E-state index contributed by atoms with van der Waals surface area (Å²) in [6.45, 7) is 13.1. The van der Waals surface area contributed by atoms with Crippen LogP contribution in [0.2, 0.25) is 0 Å². The highest BCUT2D eigenvalue weighted by molar-refractivity contribution is 5.22. The standard InChI is InChI=1S/C21H30N6O/c1-19(2,3)17-12-26(24-22-17)14-21(28,16-10-8-7-9-11-16)15-27-13-18(23-25-27)20(4,5)6/h7-13,28H,14-15H2,1-6H3. The molecule has 1 N–H and O–H groups in total. The second kappa shape index (κ2) is 7.13. The fourth-order valence-electron chi connectivity index (χ4n) is 2.96. The average Bonchev–Trinajstić information content (AvgIpc) is 3.24. The predicted octanol–water partition coefficient (Wildman–Crippen LogP) is 3.05. The first-order chi connectivity index (χ1) is 13.0. The van der Waals surface area contributed by atoms with Crippen LogP contribution in [-0.4, -0.2) is 35.1 Å². The van der Waals surface area contributed by atoms with Crippen LogP contribution in [0.5, 0.6) is 0 Å². The Morgan fingerprint density at radius 2 is 1.18 bits per heavy atom. The Morgan fingerprint density at radius 1 is 0.750 bits per heavy atom. The number of hydrogen-bond acceptors (Lipinski definition) is 5. The van der Waals surface area contributed by atoms with Crippen molar-refractivity contribution in [2.24, 2.45) is 0 Å². The zero-order valence-corrected chi connectivity index (χ0v) is 17.6. The maximum Gasteiger partial charge on any atom is 0.129 e. The summed E-state index contributed by atoms with van der Waals surface area (Å²) in [6, 6.07) is 9.62. The molecule has 0 bridgehead atoms. The number of benzene rings is 1. The van der Waals surface area contributed by atoms with Crippen LogP contribution in [0.1, 0.15) is 58.5 Å². The lowest BCUT2D eigenvalue weighted by Gasteiger charge is -2.28. The van der Waals surface area contributed by atoms with Crippen molar-refractivity contribution in [1.82, 2.24) is 30.0 Å². The quantitative estimate of drug-likeness (QED) is 0.733. The van der Waals surface area contributed by atoms with Crippen molar-refractivity contribution in [3.63, 3.8) is 0 Å². The summed E-state index contributed by atoms with van der Waals surface area (Å²) in [6.07, 6.45) is 3.80. The van der Waals surface area contributed by atoms with Gasteiger partial charge < -0.3 is 5.11 Å². The van der Waals surface area contributed by atoms with E-state index in [4.69, 9.17) is 0 Å². The number of rotatable bonds is 5. The fourth-order valence-corrected chi connectivity index (χ4v) is 2.96. The first-order valence-corrected chi connectivity index (χ1v) is 9.56. The SMILES string of the molecule is CC(C)(C)c1cn(CC(O)(Cn2cc(C(C)(C)C)nn2)c2ccccc2)nn1. The zero-order valence-electron chi connectivity index (χ0n) is 17.6. The molecule has 7 heteroatoms. The molecule has 150 valence electrons. The second-order valence-electron chi connectivity index (χ2n) is 9.50. The van der Waals surface area contributed by atoms with Gasteiger partial charge in [0.2, 0.25) is 0 Å². The van der Waals surface area contributed by atoms with Crippen LogP contribution in [-0.2, 0) is 29.5 Å². The molecular formula is C21H30N6O. The fraction of sp³-hybridized carbons (Fsp3) is 0.524. The van der Waals surface area contributed by atoms with Crippen LogP contribution in [0, 0.1) is 0 Å². The molecule has 0 radical (unpaired) electrons. The summed E-state index contributed by atoms with van der Waals surface area (Å²) < 4.78 is 3.41. The molecule has 0 aliphatic rings. The molecule has 0 aliphatic heterocycles. The minimum absolute atomic E-state index is 0.101. The molecule has 0 aliphatic carbocycles. The molecule has 0 saturated carbocycles. The van der Waals surface area contributed by atoms with Gasteiger partial charge in [-0.15, -0.1) is 10.2 Å². The van der Waals surface area contributed by atoms with E-state index in [0.717, 1.165) is 17.0 Å². The predicted molar refractivity (Wildman–Crippen MR) is 108 cm³/mol. The third kappa shape index (κ3) is 4.47. The van der Waals surface area contributed by atoms with Crippen LogP contribution in [0.4, 0.5) is 0 Å².